The molecule has 2 aromatic rings. The van der Waals surface area contributed by atoms with Gasteiger partial charge in [-0.3, -0.25) is 14.9 Å². The summed E-state index contributed by atoms with van der Waals surface area (Å²) in [6.45, 7) is 2.06. The Bertz CT molecular complexity index is 608. The standard InChI is InChI=1S/C13H12N2O3S/c1-9-2-3-11(6-12(9)15(17)18)13(16)14-7-10-4-5-19-8-10/h2-6,8H,7H2,1H3,(H,14,16). The summed E-state index contributed by atoms with van der Waals surface area (Å²) >= 11 is 1.55. The van der Waals surface area contributed by atoms with Crippen LogP contribution in [0.15, 0.2) is 35.0 Å². The number of carbonyl (C=O) groups is 1. The summed E-state index contributed by atoms with van der Waals surface area (Å²) in [5.41, 5.74) is 1.81. The van der Waals surface area contributed by atoms with Crippen LogP contribution in [-0.2, 0) is 6.54 Å². The third-order valence-corrected chi connectivity index (χ3v) is 3.43. The van der Waals surface area contributed by atoms with E-state index in [1.807, 2.05) is 16.8 Å². The van der Waals surface area contributed by atoms with E-state index >= 15 is 0 Å². The number of nitro groups is 1. The number of nitro benzene ring substituents is 1. The molecule has 1 aromatic carbocycles. The van der Waals surface area contributed by atoms with Crippen LogP contribution in [0.3, 0.4) is 0 Å². The summed E-state index contributed by atoms with van der Waals surface area (Å²) < 4.78 is 0. The third kappa shape index (κ3) is 3.17. The highest BCUT2D eigenvalue weighted by Crippen LogP contribution is 2.19. The maximum atomic E-state index is 11.9. The van der Waals surface area contributed by atoms with Crippen LogP contribution in [0.5, 0.6) is 0 Å². The molecule has 0 aliphatic rings. The second kappa shape index (κ2) is 5.62. The van der Waals surface area contributed by atoms with Crippen LogP contribution in [0.1, 0.15) is 21.5 Å². The normalized spacial score (nSPS) is 10.2. The third-order valence-electron chi connectivity index (χ3n) is 2.70. The van der Waals surface area contributed by atoms with E-state index in [0.29, 0.717) is 17.7 Å². The smallest absolute Gasteiger partial charge is 0.273 e. The molecule has 1 heterocycles. The molecular weight excluding hydrogens is 264 g/mol. The molecule has 0 spiro atoms. The van der Waals surface area contributed by atoms with E-state index in [0.717, 1.165) is 5.56 Å². The van der Waals surface area contributed by atoms with Crippen molar-refractivity contribution in [1.29, 1.82) is 0 Å². The summed E-state index contributed by atoms with van der Waals surface area (Å²) in [7, 11) is 0. The minimum atomic E-state index is -0.481. The van der Waals surface area contributed by atoms with Crippen LogP contribution < -0.4 is 5.32 Å². The zero-order valence-corrected chi connectivity index (χ0v) is 11.1. The van der Waals surface area contributed by atoms with Gasteiger partial charge in [0.25, 0.3) is 11.6 Å². The number of thiophene rings is 1. The molecule has 1 N–H and O–H groups in total. The average molecular weight is 276 g/mol. The number of nitrogens with zero attached hydrogens (tertiary/aromatic N) is 1. The second-order valence-electron chi connectivity index (χ2n) is 4.07. The maximum Gasteiger partial charge on any atom is 0.273 e. The molecular formula is C13H12N2O3S. The fourth-order valence-electron chi connectivity index (χ4n) is 1.62. The Labute approximate surface area is 114 Å². The second-order valence-corrected chi connectivity index (χ2v) is 4.85. The first-order valence-corrected chi connectivity index (χ1v) is 6.56. The van der Waals surface area contributed by atoms with Crippen molar-refractivity contribution in [3.63, 3.8) is 0 Å². The van der Waals surface area contributed by atoms with Crippen LogP contribution >= 0.6 is 11.3 Å². The molecule has 0 atom stereocenters. The zero-order chi connectivity index (χ0) is 13.8. The van der Waals surface area contributed by atoms with Crippen LogP contribution in [0.4, 0.5) is 5.69 Å². The van der Waals surface area contributed by atoms with Crippen molar-refractivity contribution in [3.8, 4) is 0 Å². The van der Waals surface area contributed by atoms with Gasteiger partial charge in [0.05, 0.1) is 4.92 Å². The van der Waals surface area contributed by atoms with Crippen LogP contribution in [-0.4, -0.2) is 10.8 Å². The Morgan fingerprint density at radius 2 is 2.21 bits per heavy atom. The lowest BCUT2D eigenvalue weighted by Gasteiger charge is -2.05. The molecule has 0 saturated carbocycles. The molecule has 2 rings (SSSR count). The van der Waals surface area contributed by atoms with E-state index in [1.165, 1.54) is 6.07 Å². The molecule has 19 heavy (non-hydrogen) atoms. The number of nitrogens with one attached hydrogen (secondary N) is 1. The number of benzene rings is 1. The van der Waals surface area contributed by atoms with Crippen LogP contribution in [0.2, 0.25) is 0 Å². The summed E-state index contributed by atoms with van der Waals surface area (Å²) in [6, 6.07) is 6.39. The zero-order valence-electron chi connectivity index (χ0n) is 10.3. The molecule has 6 heteroatoms. The van der Waals surface area contributed by atoms with E-state index in [2.05, 4.69) is 5.32 Å². The maximum absolute atomic E-state index is 11.9. The van der Waals surface area contributed by atoms with Gasteiger partial charge in [0.2, 0.25) is 0 Å². The number of aryl methyl sites for hydroxylation is 1. The van der Waals surface area contributed by atoms with Gasteiger partial charge in [-0.05, 0) is 35.4 Å². The van der Waals surface area contributed by atoms with Gasteiger partial charge in [0.15, 0.2) is 0 Å². The highest BCUT2D eigenvalue weighted by Gasteiger charge is 2.14. The number of hydrogen-bond acceptors (Lipinski definition) is 4. The van der Waals surface area contributed by atoms with Crippen LogP contribution in [0, 0.1) is 17.0 Å². The molecule has 0 aliphatic carbocycles. The summed E-state index contributed by atoms with van der Waals surface area (Å²) in [4.78, 5) is 22.2. The topological polar surface area (TPSA) is 72.2 Å². The average Bonchev–Trinajstić information content (AvgIpc) is 2.89. The minimum Gasteiger partial charge on any atom is -0.348 e. The number of rotatable bonds is 4. The fourth-order valence-corrected chi connectivity index (χ4v) is 2.29. The Morgan fingerprint density at radius 3 is 2.84 bits per heavy atom. The van der Waals surface area contributed by atoms with Crippen molar-refractivity contribution in [2.24, 2.45) is 0 Å². The molecule has 1 aromatic heterocycles. The Morgan fingerprint density at radius 1 is 1.42 bits per heavy atom. The van der Waals surface area contributed by atoms with Gasteiger partial charge in [-0.25, -0.2) is 0 Å². The molecule has 5 nitrogen and oxygen atoms in total. The Balaban J connectivity index is 2.11. The molecule has 0 aliphatic heterocycles. The van der Waals surface area contributed by atoms with Gasteiger partial charge < -0.3 is 5.32 Å². The van der Waals surface area contributed by atoms with E-state index in [9.17, 15) is 14.9 Å². The van der Waals surface area contributed by atoms with Gasteiger partial charge in [-0.2, -0.15) is 11.3 Å². The molecule has 0 fully saturated rings. The lowest BCUT2D eigenvalue weighted by atomic mass is 10.1. The first kappa shape index (κ1) is 13.2. The molecule has 98 valence electrons. The first-order chi connectivity index (χ1) is 9.08. The largest absolute Gasteiger partial charge is 0.348 e. The van der Waals surface area contributed by atoms with E-state index in [-0.39, 0.29) is 11.6 Å². The highest BCUT2D eigenvalue weighted by atomic mass is 32.1. The van der Waals surface area contributed by atoms with Crippen molar-refractivity contribution >= 4 is 22.9 Å². The molecule has 0 radical (unpaired) electrons. The Kier molecular flexibility index (Phi) is 3.91. The Hall–Kier alpha value is -2.21. The van der Waals surface area contributed by atoms with Gasteiger partial charge in [-0.15, -0.1) is 0 Å². The molecule has 0 unspecified atom stereocenters. The number of hydrogen-bond donors (Lipinski definition) is 1. The van der Waals surface area contributed by atoms with Crippen molar-refractivity contribution in [2.45, 2.75) is 13.5 Å². The highest BCUT2D eigenvalue weighted by molar-refractivity contribution is 7.07. The van der Waals surface area contributed by atoms with Gasteiger partial charge in [-0.1, -0.05) is 6.07 Å². The number of amides is 1. The molecule has 1 amide bonds. The van der Waals surface area contributed by atoms with Crippen molar-refractivity contribution in [3.05, 3.63) is 61.8 Å². The predicted octanol–water partition coefficient (Wildman–Crippen LogP) is 2.89. The monoisotopic (exact) mass is 276 g/mol. The quantitative estimate of drug-likeness (QED) is 0.689. The van der Waals surface area contributed by atoms with Crippen LogP contribution in [0.25, 0.3) is 0 Å². The first-order valence-electron chi connectivity index (χ1n) is 5.62. The van der Waals surface area contributed by atoms with Gasteiger partial charge in [0, 0.05) is 23.7 Å². The predicted molar refractivity (Wildman–Crippen MR) is 73.3 cm³/mol. The summed E-state index contributed by atoms with van der Waals surface area (Å²) in [5.74, 6) is -0.311. The van der Waals surface area contributed by atoms with Crippen molar-refractivity contribution in [2.75, 3.05) is 0 Å². The van der Waals surface area contributed by atoms with Crippen molar-refractivity contribution < 1.29 is 9.72 Å². The lowest BCUT2D eigenvalue weighted by molar-refractivity contribution is -0.385. The van der Waals surface area contributed by atoms with E-state index in [1.54, 1.807) is 30.4 Å². The fraction of sp³-hybridized carbons (Fsp3) is 0.154. The summed E-state index contributed by atoms with van der Waals surface area (Å²) in [5, 5.41) is 17.4. The van der Waals surface area contributed by atoms with Gasteiger partial charge in [0.1, 0.15) is 0 Å². The number of carbonyl (C=O) groups excluding carboxylic acids is 1. The van der Waals surface area contributed by atoms with E-state index in [4.69, 9.17) is 0 Å². The molecule has 0 saturated heterocycles. The SMILES string of the molecule is Cc1ccc(C(=O)NCc2ccsc2)cc1[N+](=O)[O-]. The van der Waals surface area contributed by atoms with Gasteiger partial charge >= 0.3 is 0 Å². The summed E-state index contributed by atoms with van der Waals surface area (Å²) in [6.07, 6.45) is 0. The van der Waals surface area contributed by atoms with Crippen molar-refractivity contribution in [1.82, 2.24) is 5.32 Å². The van der Waals surface area contributed by atoms with E-state index < -0.39 is 4.92 Å². The lowest BCUT2D eigenvalue weighted by Crippen LogP contribution is -2.22. The molecule has 0 bridgehead atoms. The minimum absolute atomic E-state index is 0.0387.